The van der Waals surface area contributed by atoms with E-state index in [2.05, 4.69) is 37.5 Å². The van der Waals surface area contributed by atoms with Gasteiger partial charge in [-0.1, -0.05) is 27.7 Å². The lowest BCUT2D eigenvalue weighted by molar-refractivity contribution is 0.0841. The van der Waals surface area contributed by atoms with Crippen LogP contribution in [0.1, 0.15) is 40.5 Å². The van der Waals surface area contributed by atoms with Crippen molar-refractivity contribution in [3.05, 3.63) is 0 Å². The third-order valence-corrected chi connectivity index (χ3v) is 4.11. The van der Waals surface area contributed by atoms with Gasteiger partial charge in [0.25, 0.3) is 0 Å². The highest BCUT2D eigenvalue weighted by Gasteiger charge is 2.27. The minimum absolute atomic E-state index is 0.248. The van der Waals surface area contributed by atoms with Gasteiger partial charge in [-0.25, -0.2) is 0 Å². The van der Waals surface area contributed by atoms with Crippen LogP contribution in [0.25, 0.3) is 0 Å². The van der Waals surface area contributed by atoms with E-state index in [1.807, 2.05) is 0 Å². The maximum atomic E-state index is 5.85. The molecule has 1 saturated heterocycles. The second-order valence-electron chi connectivity index (χ2n) is 6.10. The minimum Gasteiger partial charge on any atom is -0.330 e. The number of nitrogens with zero attached hydrogens (tertiary/aromatic N) is 2. The molecule has 1 aliphatic rings. The highest BCUT2D eigenvalue weighted by atomic mass is 15.2. The van der Waals surface area contributed by atoms with Gasteiger partial charge >= 0.3 is 0 Å². The van der Waals surface area contributed by atoms with Gasteiger partial charge < -0.3 is 10.6 Å². The van der Waals surface area contributed by atoms with Gasteiger partial charge in [-0.15, -0.1) is 0 Å². The molecule has 1 aliphatic heterocycles. The fraction of sp³-hybridized carbons (Fsp3) is 1.00. The van der Waals surface area contributed by atoms with E-state index < -0.39 is 0 Å². The Morgan fingerprint density at radius 3 is 2.24 bits per heavy atom. The first-order valence-electron chi connectivity index (χ1n) is 7.19. The van der Waals surface area contributed by atoms with Crippen molar-refractivity contribution in [2.75, 3.05) is 39.3 Å². The zero-order valence-electron chi connectivity index (χ0n) is 12.2. The third-order valence-electron chi connectivity index (χ3n) is 4.11. The lowest BCUT2D eigenvalue weighted by Gasteiger charge is -2.41. The number of hydrogen-bond acceptors (Lipinski definition) is 3. The molecule has 3 nitrogen and oxygen atoms in total. The summed E-state index contributed by atoms with van der Waals surface area (Å²) >= 11 is 0. The molecule has 0 radical (unpaired) electrons. The Labute approximate surface area is 107 Å². The number of piperidine rings is 1. The van der Waals surface area contributed by atoms with Crippen molar-refractivity contribution in [3.63, 3.8) is 0 Å². The predicted molar refractivity (Wildman–Crippen MR) is 75.2 cm³/mol. The van der Waals surface area contributed by atoms with Crippen molar-refractivity contribution in [2.45, 2.75) is 46.6 Å². The van der Waals surface area contributed by atoms with Crippen LogP contribution in [0.3, 0.4) is 0 Å². The zero-order valence-corrected chi connectivity index (χ0v) is 12.2. The van der Waals surface area contributed by atoms with Crippen molar-refractivity contribution in [2.24, 2.45) is 11.1 Å². The molecule has 1 fully saturated rings. The van der Waals surface area contributed by atoms with Crippen LogP contribution in [0, 0.1) is 5.41 Å². The summed E-state index contributed by atoms with van der Waals surface area (Å²) in [6, 6.07) is 0.772. The topological polar surface area (TPSA) is 32.5 Å². The molecule has 1 rings (SSSR count). The van der Waals surface area contributed by atoms with E-state index in [0.717, 1.165) is 25.7 Å². The van der Waals surface area contributed by atoms with Crippen molar-refractivity contribution in [3.8, 4) is 0 Å². The van der Waals surface area contributed by atoms with Gasteiger partial charge in [0.2, 0.25) is 0 Å². The largest absolute Gasteiger partial charge is 0.330 e. The van der Waals surface area contributed by atoms with Gasteiger partial charge in [0, 0.05) is 12.6 Å². The first-order chi connectivity index (χ1) is 8.02. The van der Waals surface area contributed by atoms with E-state index in [9.17, 15) is 0 Å². The summed E-state index contributed by atoms with van der Waals surface area (Å²) in [4.78, 5) is 5.19. The van der Waals surface area contributed by atoms with Crippen molar-refractivity contribution in [1.29, 1.82) is 0 Å². The molecule has 0 aliphatic carbocycles. The molecule has 3 heteroatoms. The summed E-state index contributed by atoms with van der Waals surface area (Å²) in [6.07, 6.45) is 2.64. The first kappa shape index (κ1) is 14.9. The number of rotatable bonds is 6. The van der Waals surface area contributed by atoms with Gasteiger partial charge in [-0.05, 0) is 51.0 Å². The van der Waals surface area contributed by atoms with Gasteiger partial charge in [-0.3, -0.25) is 4.90 Å². The van der Waals surface area contributed by atoms with Gasteiger partial charge in [0.1, 0.15) is 0 Å². The van der Waals surface area contributed by atoms with E-state index in [4.69, 9.17) is 5.73 Å². The standard InChI is InChI=1S/C14H31N3/c1-5-16-9-7-13(8-10-16)17(6-2)12-14(3,4)11-15/h13H,5-12,15H2,1-4H3. The van der Waals surface area contributed by atoms with E-state index in [-0.39, 0.29) is 5.41 Å². The molecule has 0 atom stereocenters. The highest BCUT2D eigenvalue weighted by Crippen LogP contribution is 2.21. The molecule has 0 bridgehead atoms. The average Bonchev–Trinajstić information content (AvgIpc) is 2.36. The van der Waals surface area contributed by atoms with Crippen LogP contribution >= 0.6 is 0 Å². The summed E-state index contributed by atoms with van der Waals surface area (Å²) in [5.74, 6) is 0. The Morgan fingerprint density at radius 1 is 1.24 bits per heavy atom. The molecule has 0 aromatic rings. The average molecular weight is 241 g/mol. The van der Waals surface area contributed by atoms with Crippen LogP contribution in [0.4, 0.5) is 0 Å². The maximum Gasteiger partial charge on any atom is 0.0120 e. The van der Waals surface area contributed by atoms with E-state index in [1.54, 1.807) is 0 Å². The van der Waals surface area contributed by atoms with Crippen LogP contribution in [0.5, 0.6) is 0 Å². The molecule has 0 aromatic carbocycles. The SMILES string of the molecule is CCN1CCC(N(CC)CC(C)(C)CN)CC1. The van der Waals surface area contributed by atoms with Crippen LogP contribution < -0.4 is 5.73 Å². The van der Waals surface area contributed by atoms with Crippen molar-refractivity contribution < 1.29 is 0 Å². The van der Waals surface area contributed by atoms with Crippen molar-refractivity contribution in [1.82, 2.24) is 9.80 Å². The Kier molecular flexibility index (Phi) is 5.90. The summed E-state index contributed by atoms with van der Waals surface area (Å²) in [5.41, 5.74) is 6.10. The normalized spacial score (nSPS) is 20.1. The molecule has 0 spiro atoms. The highest BCUT2D eigenvalue weighted by molar-refractivity contribution is 4.83. The molecular weight excluding hydrogens is 210 g/mol. The second-order valence-corrected chi connectivity index (χ2v) is 6.10. The lowest BCUT2D eigenvalue weighted by atomic mass is 9.91. The molecule has 0 aromatic heterocycles. The van der Waals surface area contributed by atoms with Crippen LogP contribution in [-0.2, 0) is 0 Å². The lowest BCUT2D eigenvalue weighted by Crippen LogP contribution is -2.48. The Morgan fingerprint density at radius 2 is 1.82 bits per heavy atom. The smallest absolute Gasteiger partial charge is 0.0120 e. The summed E-state index contributed by atoms with van der Waals surface area (Å²) in [5, 5.41) is 0. The molecule has 2 N–H and O–H groups in total. The molecule has 17 heavy (non-hydrogen) atoms. The Hall–Kier alpha value is -0.120. The fourth-order valence-corrected chi connectivity index (χ4v) is 2.71. The summed E-state index contributed by atoms with van der Waals surface area (Å²) in [7, 11) is 0. The van der Waals surface area contributed by atoms with Gasteiger partial charge in [-0.2, -0.15) is 0 Å². The monoisotopic (exact) mass is 241 g/mol. The predicted octanol–water partition coefficient (Wildman–Crippen LogP) is 1.78. The summed E-state index contributed by atoms with van der Waals surface area (Å²) < 4.78 is 0. The van der Waals surface area contributed by atoms with Crippen LogP contribution in [-0.4, -0.2) is 55.1 Å². The fourth-order valence-electron chi connectivity index (χ4n) is 2.71. The Bertz CT molecular complexity index is 208. The quantitative estimate of drug-likeness (QED) is 0.769. The molecule has 0 unspecified atom stereocenters. The van der Waals surface area contributed by atoms with Gasteiger partial charge in [0.05, 0.1) is 0 Å². The zero-order chi connectivity index (χ0) is 12.9. The first-order valence-corrected chi connectivity index (χ1v) is 7.19. The number of likely N-dealkylation sites (tertiary alicyclic amines) is 1. The molecule has 0 amide bonds. The third kappa shape index (κ3) is 4.57. The molecular formula is C14H31N3. The molecule has 1 heterocycles. The number of hydrogen-bond donors (Lipinski definition) is 1. The van der Waals surface area contributed by atoms with Crippen molar-refractivity contribution >= 4 is 0 Å². The van der Waals surface area contributed by atoms with Crippen LogP contribution in [0.15, 0.2) is 0 Å². The van der Waals surface area contributed by atoms with E-state index in [0.29, 0.717) is 0 Å². The maximum absolute atomic E-state index is 5.85. The van der Waals surface area contributed by atoms with E-state index >= 15 is 0 Å². The van der Waals surface area contributed by atoms with E-state index in [1.165, 1.54) is 32.5 Å². The minimum atomic E-state index is 0.248. The van der Waals surface area contributed by atoms with Crippen LogP contribution in [0.2, 0.25) is 0 Å². The molecule has 0 saturated carbocycles. The molecule has 102 valence electrons. The number of nitrogens with two attached hydrogens (primary N) is 1. The Balaban J connectivity index is 2.46. The van der Waals surface area contributed by atoms with Gasteiger partial charge in [0.15, 0.2) is 0 Å². The summed E-state index contributed by atoms with van der Waals surface area (Å²) in [6.45, 7) is 15.9. The second kappa shape index (κ2) is 6.72.